The summed E-state index contributed by atoms with van der Waals surface area (Å²) in [7, 11) is -1.39. The Morgan fingerprint density at radius 2 is 2.33 bits per heavy atom. The Labute approximate surface area is 126 Å². The molecule has 1 saturated heterocycles. The standard InChI is InChI=1S/C13H25N5O2S/c1-17-6-2-4-12(10-17)8-16-21(19,20)13-9-15-18(11-13)7-3-5-14/h9,11-12,16H,2-8,10,14H2,1H3. The van der Waals surface area contributed by atoms with E-state index in [1.165, 1.54) is 6.20 Å². The van der Waals surface area contributed by atoms with Crippen molar-refractivity contribution in [3.8, 4) is 0 Å². The van der Waals surface area contributed by atoms with Gasteiger partial charge < -0.3 is 10.6 Å². The molecule has 1 aliphatic rings. The molecule has 1 atom stereocenters. The van der Waals surface area contributed by atoms with Crippen molar-refractivity contribution in [1.29, 1.82) is 0 Å². The summed E-state index contributed by atoms with van der Waals surface area (Å²) in [5.74, 6) is 0.380. The van der Waals surface area contributed by atoms with Gasteiger partial charge in [0.1, 0.15) is 4.90 Å². The van der Waals surface area contributed by atoms with Crippen molar-refractivity contribution in [3.05, 3.63) is 12.4 Å². The third-order valence-corrected chi connectivity index (χ3v) is 5.17. The van der Waals surface area contributed by atoms with Crippen LogP contribution in [0.3, 0.4) is 0 Å². The fraction of sp³-hybridized carbons (Fsp3) is 0.769. The molecule has 0 bridgehead atoms. The van der Waals surface area contributed by atoms with Crippen LogP contribution in [0.5, 0.6) is 0 Å². The van der Waals surface area contributed by atoms with E-state index in [9.17, 15) is 8.42 Å². The SMILES string of the molecule is CN1CCCC(CNS(=O)(=O)c2cnn(CCCN)c2)C1. The number of sulfonamides is 1. The Bertz CT molecular complexity index is 543. The summed E-state index contributed by atoms with van der Waals surface area (Å²) in [5, 5.41) is 4.06. The first kappa shape index (κ1) is 16.4. The number of hydrogen-bond donors (Lipinski definition) is 2. The Balaban J connectivity index is 1.90. The van der Waals surface area contributed by atoms with Crippen LogP contribution in [-0.2, 0) is 16.6 Å². The molecule has 1 aromatic heterocycles. The summed E-state index contributed by atoms with van der Waals surface area (Å²) in [6, 6.07) is 0. The fourth-order valence-corrected chi connectivity index (χ4v) is 3.68. The van der Waals surface area contributed by atoms with Gasteiger partial charge in [-0.05, 0) is 45.3 Å². The largest absolute Gasteiger partial charge is 0.330 e. The number of nitrogens with zero attached hydrogens (tertiary/aromatic N) is 3. The maximum absolute atomic E-state index is 12.2. The van der Waals surface area contributed by atoms with Gasteiger partial charge >= 0.3 is 0 Å². The lowest BCUT2D eigenvalue weighted by Crippen LogP contribution is -2.39. The lowest BCUT2D eigenvalue weighted by Gasteiger charge is -2.29. The fourth-order valence-electron chi connectivity index (χ4n) is 2.61. The van der Waals surface area contributed by atoms with Crippen LogP contribution in [0, 0.1) is 5.92 Å². The summed E-state index contributed by atoms with van der Waals surface area (Å²) in [4.78, 5) is 2.47. The Kier molecular flexibility index (Phi) is 5.74. The first-order valence-corrected chi connectivity index (χ1v) is 8.90. The molecule has 2 heterocycles. The van der Waals surface area contributed by atoms with Gasteiger partial charge in [-0.2, -0.15) is 5.10 Å². The van der Waals surface area contributed by atoms with Crippen LogP contribution in [0.1, 0.15) is 19.3 Å². The van der Waals surface area contributed by atoms with Gasteiger partial charge in [-0.3, -0.25) is 4.68 Å². The maximum Gasteiger partial charge on any atom is 0.243 e. The second kappa shape index (κ2) is 7.35. The van der Waals surface area contributed by atoms with Crippen LogP contribution >= 0.6 is 0 Å². The zero-order valence-electron chi connectivity index (χ0n) is 12.5. The number of piperidine rings is 1. The van der Waals surface area contributed by atoms with E-state index in [1.54, 1.807) is 10.9 Å². The molecule has 2 rings (SSSR count). The van der Waals surface area contributed by atoms with Crippen molar-refractivity contribution in [2.45, 2.75) is 30.7 Å². The van der Waals surface area contributed by atoms with Gasteiger partial charge in [0.05, 0.1) is 6.20 Å². The van der Waals surface area contributed by atoms with Crippen LogP contribution in [0.25, 0.3) is 0 Å². The van der Waals surface area contributed by atoms with Crippen LogP contribution in [0.4, 0.5) is 0 Å². The molecule has 8 heteroatoms. The Morgan fingerprint density at radius 1 is 1.52 bits per heavy atom. The minimum absolute atomic E-state index is 0.226. The van der Waals surface area contributed by atoms with Crippen molar-refractivity contribution in [1.82, 2.24) is 19.4 Å². The number of aryl methyl sites for hydroxylation is 1. The van der Waals surface area contributed by atoms with Gasteiger partial charge in [0.15, 0.2) is 0 Å². The van der Waals surface area contributed by atoms with Gasteiger partial charge in [-0.15, -0.1) is 0 Å². The average molecular weight is 315 g/mol. The van der Waals surface area contributed by atoms with Crippen molar-refractivity contribution in [2.75, 3.05) is 33.2 Å². The minimum atomic E-state index is -3.46. The highest BCUT2D eigenvalue weighted by Gasteiger charge is 2.21. The molecule has 1 unspecified atom stereocenters. The molecule has 3 N–H and O–H groups in total. The van der Waals surface area contributed by atoms with Crippen molar-refractivity contribution >= 4 is 10.0 Å². The van der Waals surface area contributed by atoms with E-state index in [2.05, 4.69) is 21.8 Å². The lowest BCUT2D eigenvalue weighted by molar-refractivity contribution is 0.211. The van der Waals surface area contributed by atoms with E-state index in [4.69, 9.17) is 5.73 Å². The van der Waals surface area contributed by atoms with Gasteiger partial charge in [0.2, 0.25) is 10.0 Å². The number of hydrogen-bond acceptors (Lipinski definition) is 5. The van der Waals surface area contributed by atoms with Gasteiger partial charge in [-0.1, -0.05) is 0 Å². The van der Waals surface area contributed by atoms with E-state index in [-0.39, 0.29) is 4.90 Å². The summed E-state index contributed by atoms with van der Waals surface area (Å²) < 4.78 is 28.8. The van der Waals surface area contributed by atoms with Crippen molar-refractivity contribution in [2.24, 2.45) is 11.7 Å². The van der Waals surface area contributed by atoms with E-state index in [0.717, 1.165) is 32.4 Å². The average Bonchev–Trinajstić information content (AvgIpc) is 2.93. The molecule has 1 fully saturated rings. The number of rotatable bonds is 7. The van der Waals surface area contributed by atoms with E-state index in [0.29, 0.717) is 25.6 Å². The summed E-state index contributed by atoms with van der Waals surface area (Å²) in [6.07, 6.45) is 5.93. The summed E-state index contributed by atoms with van der Waals surface area (Å²) in [6.45, 7) is 3.73. The molecular weight excluding hydrogens is 290 g/mol. The highest BCUT2D eigenvalue weighted by Crippen LogP contribution is 2.15. The summed E-state index contributed by atoms with van der Waals surface area (Å²) >= 11 is 0. The predicted molar refractivity (Wildman–Crippen MR) is 81.3 cm³/mol. The molecule has 0 spiro atoms. The number of likely N-dealkylation sites (tertiary alicyclic amines) is 1. The van der Waals surface area contributed by atoms with Gasteiger partial charge in [0.25, 0.3) is 0 Å². The number of aromatic nitrogens is 2. The van der Waals surface area contributed by atoms with Crippen LogP contribution in [-0.4, -0.2) is 56.3 Å². The Morgan fingerprint density at radius 3 is 3.05 bits per heavy atom. The molecule has 120 valence electrons. The smallest absolute Gasteiger partial charge is 0.243 e. The predicted octanol–water partition coefficient (Wildman–Crippen LogP) is -0.148. The zero-order chi connectivity index (χ0) is 15.3. The van der Waals surface area contributed by atoms with E-state index in [1.807, 2.05) is 0 Å². The van der Waals surface area contributed by atoms with Crippen LogP contribution in [0.2, 0.25) is 0 Å². The number of nitrogens with two attached hydrogens (primary N) is 1. The molecule has 21 heavy (non-hydrogen) atoms. The molecule has 0 saturated carbocycles. The molecule has 0 aromatic carbocycles. The van der Waals surface area contributed by atoms with E-state index < -0.39 is 10.0 Å². The van der Waals surface area contributed by atoms with Crippen molar-refractivity contribution in [3.63, 3.8) is 0 Å². The third-order valence-electron chi connectivity index (χ3n) is 3.80. The number of nitrogens with one attached hydrogen (secondary N) is 1. The monoisotopic (exact) mass is 315 g/mol. The first-order chi connectivity index (χ1) is 10.0. The summed E-state index contributed by atoms with van der Waals surface area (Å²) in [5.41, 5.74) is 5.43. The molecule has 1 aliphatic heterocycles. The maximum atomic E-state index is 12.2. The highest BCUT2D eigenvalue weighted by atomic mass is 32.2. The van der Waals surface area contributed by atoms with Crippen LogP contribution in [0.15, 0.2) is 17.3 Å². The first-order valence-electron chi connectivity index (χ1n) is 7.42. The molecule has 7 nitrogen and oxygen atoms in total. The van der Waals surface area contributed by atoms with Gasteiger partial charge in [-0.25, -0.2) is 13.1 Å². The molecule has 1 aromatic rings. The minimum Gasteiger partial charge on any atom is -0.330 e. The normalized spacial score (nSPS) is 20.8. The second-order valence-electron chi connectivity index (χ2n) is 5.70. The third kappa shape index (κ3) is 4.77. The molecular formula is C13H25N5O2S. The second-order valence-corrected chi connectivity index (χ2v) is 7.47. The topological polar surface area (TPSA) is 93.2 Å². The molecule has 0 radical (unpaired) electrons. The van der Waals surface area contributed by atoms with Crippen molar-refractivity contribution < 1.29 is 8.42 Å². The lowest BCUT2D eigenvalue weighted by atomic mass is 9.99. The Hall–Kier alpha value is -0.960. The zero-order valence-corrected chi connectivity index (χ0v) is 13.3. The van der Waals surface area contributed by atoms with E-state index >= 15 is 0 Å². The highest BCUT2D eigenvalue weighted by molar-refractivity contribution is 7.89. The van der Waals surface area contributed by atoms with Gasteiger partial charge in [0, 0.05) is 25.8 Å². The molecule has 0 amide bonds. The van der Waals surface area contributed by atoms with Crippen LogP contribution < -0.4 is 10.5 Å². The quantitative estimate of drug-likeness (QED) is 0.730. The molecule has 0 aliphatic carbocycles.